The molecule has 1 unspecified atom stereocenters. The van der Waals surface area contributed by atoms with E-state index in [1.54, 1.807) is 25.1 Å². The van der Waals surface area contributed by atoms with Crippen LogP contribution in [0, 0.1) is 0 Å². The van der Waals surface area contributed by atoms with Gasteiger partial charge in [0, 0.05) is 20.0 Å². The Morgan fingerprint density at radius 3 is 2.70 bits per heavy atom. The lowest BCUT2D eigenvalue weighted by Crippen LogP contribution is -2.30. The van der Waals surface area contributed by atoms with E-state index < -0.39 is 5.92 Å². The molecule has 1 atom stereocenters. The van der Waals surface area contributed by atoms with Crippen LogP contribution in [0.5, 0.6) is 0 Å². The van der Waals surface area contributed by atoms with Crippen molar-refractivity contribution in [2.24, 2.45) is 0 Å². The molecule has 1 heterocycles. The Kier molecular flexibility index (Phi) is 4.09. The maximum Gasteiger partial charge on any atom is 0.252 e. The summed E-state index contributed by atoms with van der Waals surface area (Å²) in [7, 11) is 1.50. The highest BCUT2D eigenvalue weighted by molar-refractivity contribution is 6.34. The fourth-order valence-corrected chi connectivity index (χ4v) is 2.72. The number of halogens is 1. The van der Waals surface area contributed by atoms with Gasteiger partial charge in [-0.25, -0.2) is 0 Å². The molecule has 1 aromatic rings. The molecule has 0 radical (unpaired) electrons. The number of nitrogens with zero attached hydrogens (tertiary/aromatic N) is 1. The van der Waals surface area contributed by atoms with Crippen molar-refractivity contribution in [2.75, 3.05) is 13.6 Å². The third-order valence-corrected chi connectivity index (χ3v) is 3.75. The van der Waals surface area contributed by atoms with Crippen LogP contribution in [0.2, 0.25) is 5.02 Å². The van der Waals surface area contributed by atoms with Gasteiger partial charge in [0.15, 0.2) is 0 Å². The second kappa shape index (κ2) is 5.63. The summed E-state index contributed by atoms with van der Waals surface area (Å²) in [5, 5.41) is 2.78. The van der Waals surface area contributed by atoms with E-state index in [1.165, 1.54) is 11.9 Å². The molecule has 0 saturated carbocycles. The first-order valence-corrected chi connectivity index (χ1v) is 6.73. The number of hydrogen-bond acceptors (Lipinski definition) is 3. The SMILES string of the molecule is CCN1C(=O)CC(c2cccc(Cl)c2C(=O)NC)C1=O. The Labute approximate surface area is 121 Å². The second-order valence-electron chi connectivity index (χ2n) is 4.52. The molecule has 1 saturated heterocycles. The van der Waals surface area contributed by atoms with Crippen molar-refractivity contribution >= 4 is 29.3 Å². The zero-order valence-corrected chi connectivity index (χ0v) is 12.0. The van der Waals surface area contributed by atoms with Crippen LogP contribution < -0.4 is 5.32 Å². The van der Waals surface area contributed by atoms with E-state index >= 15 is 0 Å². The third-order valence-electron chi connectivity index (χ3n) is 3.44. The van der Waals surface area contributed by atoms with Crippen molar-refractivity contribution in [1.82, 2.24) is 10.2 Å². The quantitative estimate of drug-likeness (QED) is 0.860. The lowest BCUT2D eigenvalue weighted by molar-refractivity contribution is -0.138. The van der Waals surface area contributed by atoms with Crippen molar-refractivity contribution in [3.63, 3.8) is 0 Å². The van der Waals surface area contributed by atoms with Gasteiger partial charge in [0.2, 0.25) is 11.8 Å². The normalized spacial score (nSPS) is 18.6. The number of amides is 3. The van der Waals surface area contributed by atoms with Gasteiger partial charge in [0.05, 0.1) is 16.5 Å². The predicted molar refractivity (Wildman–Crippen MR) is 74.6 cm³/mol. The van der Waals surface area contributed by atoms with Gasteiger partial charge in [-0.05, 0) is 18.6 Å². The van der Waals surface area contributed by atoms with E-state index in [0.717, 1.165) is 0 Å². The van der Waals surface area contributed by atoms with Crippen LogP contribution in [0.1, 0.15) is 35.2 Å². The minimum Gasteiger partial charge on any atom is -0.355 e. The minimum atomic E-state index is -0.631. The molecular weight excluding hydrogens is 280 g/mol. The molecule has 6 heteroatoms. The van der Waals surface area contributed by atoms with Gasteiger partial charge in [0.25, 0.3) is 5.91 Å². The topological polar surface area (TPSA) is 66.5 Å². The molecule has 3 amide bonds. The van der Waals surface area contributed by atoms with Crippen LogP contribution >= 0.6 is 11.6 Å². The molecule has 0 aliphatic carbocycles. The summed E-state index contributed by atoms with van der Waals surface area (Å²) >= 11 is 6.07. The zero-order valence-electron chi connectivity index (χ0n) is 11.3. The molecule has 106 valence electrons. The third kappa shape index (κ3) is 2.29. The minimum absolute atomic E-state index is 0.0804. The van der Waals surface area contributed by atoms with E-state index in [2.05, 4.69) is 5.32 Å². The fourth-order valence-electron chi connectivity index (χ4n) is 2.45. The van der Waals surface area contributed by atoms with Crippen molar-refractivity contribution < 1.29 is 14.4 Å². The fraction of sp³-hybridized carbons (Fsp3) is 0.357. The molecule has 1 aliphatic rings. The van der Waals surface area contributed by atoms with Crippen LogP contribution in [0.4, 0.5) is 0 Å². The number of likely N-dealkylation sites (tertiary alicyclic amines) is 1. The molecule has 5 nitrogen and oxygen atoms in total. The highest BCUT2D eigenvalue weighted by Crippen LogP contribution is 2.34. The summed E-state index contributed by atoms with van der Waals surface area (Å²) in [6.07, 6.45) is 0.0804. The number of carbonyl (C=O) groups excluding carboxylic acids is 3. The molecule has 0 bridgehead atoms. The first-order chi connectivity index (χ1) is 9.51. The van der Waals surface area contributed by atoms with Gasteiger partial charge < -0.3 is 5.32 Å². The van der Waals surface area contributed by atoms with Gasteiger partial charge in [-0.2, -0.15) is 0 Å². The summed E-state index contributed by atoms with van der Waals surface area (Å²) in [6, 6.07) is 4.94. The molecule has 1 aliphatic heterocycles. The molecular formula is C14H15ClN2O3. The largest absolute Gasteiger partial charge is 0.355 e. The number of imide groups is 1. The molecule has 0 spiro atoms. The number of nitrogens with one attached hydrogen (secondary N) is 1. The van der Waals surface area contributed by atoms with Crippen molar-refractivity contribution in [3.05, 3.63) is 34.3 Å². The molecule has 20 heavy (non-hydrogen) atoms. The maximum absolute atomic E-state index is 12.3. The number of benzene rings is 1. The number of rotatable bonds is 3. The average Bonchev–Trinajstić information content (AvgIpc) is 2.72. The van der Waals surface area contributed by atoms with Crippen LogP contribution in [0.15, 0.2) is 18.2 Å². The summed E-state index contributed by atoms with van der Waals surface area (Å²) < 4.78 is 0. The average molecular weight is 295 g/mol. The monoisotopic (exact) mass is 294 g/mol. The molecule has 1 N–H and O–H groups in total. The summed E-state index contributed by atoms with van der Waals surface area (Å²) in [6.45, 7) is 2.08. The first kappa shape index (κ1) is 14.5. The Hall–Kier alpha value is -1.88. The van der Waals surface area contributed by atoms with E-state index in [9.17, 15) is 14.4 Å². The highest BCUT2D eigenvalue weighted by atomic mass is 35.5. The van der Waals surface area contributed by atoms with Gasteiger partial charge in [-0.1, -0.05) is 23.7 Å². The van der Waals surface area contributed by atoms with E-state index in [4.69, 9.17) is 11.6 Å². The lowest BCUT2D eigenvalue weighted by Gasteiger charge is -2.15. The van der Waals surface area contributed by atoms with Crippen LogP contribution in [-0.4, -0.2) is 36.2 Å². The molecule has 1 fully saturated rings. The zero-order chi connectivity index (χ0) is 14.9. The van der Waals surface area contributed by atoms with Crippen LogP contribution in [0.3, 0.4) is 0 Å². The van der Waals surface area contributed by atoms with Crippen LogP contribution in [0.25, 0.3) is 0 Å². The Balaban J connectivity index is 2.49. The molecule has 0 aromatic heterocycles. The standard InChI is InChI=1S/C14H15ClN2O3/c1-3-17-11(18)7-9(14(17)20)8-5-4-6-10(15)12(8)13(19)16-2/h4-6,9H,3,7H2,1-2H3,(H,16,19). The number of hydrogen-bond donors (Lipinski definition) is 1. The van der Waals surface area contributed by atoms with E-state index in [0.29, 0.717) is 12.1 Å². The number of carbonyl (C=O) groups is 3. The molecule has 2 rings (SSSR count). The Morgan fingerprint density at radius 1 is 1.45 bits per heavy atom. The summed E-state index contributed by atoms with van der Waals surface area (Å²) in [5.41, 5.74) is 0.770. The van der Waals surface area contributed by atoms with Gasteiger partial charge in [-0.3, -0.25) is 19.3 Å². The smallest absolute Gasteiger partial charge is 0.252 e. The van der Waals surface area contributed by atoms with Crippen molar-refractivity contribution in [3.8, 4) is 0 Å². The second-order valence-corrected chi connectivity index (χ2v) is 4.92. The predicted octanol–water partition coefficient (Wildman–Crippen LogP) is 1.56. The summed E-state index contributed by atoms with van der Waals surface area (Å²) in [4.78, 5) is 37.2. The van der Waals surface area contributed by atoms with E-state index in [-0.39, 0.29) is 34.7 Å². The van der Waals surface area contributed by atoms with Crippen molar-refractivity contribution in [1.29, 1.82) is 0 Å². The molecule has 1 aromatic carbocycles. The van der Waals surface area contributed by atoms with Gasteiger partial charge in [-0.15, -0.1) is 0 Å². The maximum atomic E-state index is 12.3. The lowest BCUT2D eigenvalue weighted by atomic mass is 9.92. The van der Waals surface area contributed by atoms with Gasteiger partial charge in [0.1, 0.15) is 0 Å². The van der Waals surface area contributed by atoms with Gasteiger partial charge >= 0.3 is 0 Å². The first-order valence-electron chi connectivity index (χ1n) is 6.36. The Bertz CT molecular complexity index is 586. The van der Waals surface area contributed by atoms with Crippen LogP contribution in [-0.2, 0) is 9.59 Å². The van der Waals surface area contributed by atoms with E-state index in [1.807, 2.05) is 0 Å². The number of likely N-dealkylation sites (N-methyl/N-ethyl adjacent to an activating group) is 1. The summed E-state index contributed by atoms with van der Waals surface area (Å²) in [5.74, 6) is -1.48. The van der Waals surface area contributed by atoms with Crippen molar-refractivity contribution in [2.45, 2.75) is 19.3 Å². The Morgan fingerprint density at radius 2 is 2.15 bits per heavy atom. The highest BCUT2D eigenvalue weighted by Gasteiger charge is 2.40.